The van der Waals surface area contributed by atoms with Crippen molar-refractivity contribution < 1.29 is 17.6 Å². The SMILES string of the molecule is CS(=O)(=O)CCC(=O)NCCc1ccn(-c2ccc(F)cc2)n1. The predicted octanol–water partition coefficient (Wildman–Crippen LogP) is 1.10. The van der Waals surface area contributed by atoms with E-state index in [4.69, 9.17) is 0 Å². The van der Waals surface area contributed by atoms with E-state index in [2.05, 4.69) is 10.4 Å². The van der Waals surface area contributed by atoms with Gasteiger partial charge in [-0.05, 0) is 30.3 Å². The molecule has 2 rings (SSSR count). The number of nitrogens with zero attached hydrogens (tertiary/aromatic N) is 2. The molecule has 0 fully saturated rings. The van der Waals surface area contributed by atoms with Crippen LogP contribution in [0.2, 0.25) is 0 Å². The van der Waals surface area contributed by atoms with Crippen molar-refractivity contribution in [2.24, 2.45) is 0 Å². The fourth-order valence-electron chi connectivity index (χ4n) is 1.93. The van der Waals surface area contributed by atoms with Gasteiger partial charge in [0, 0.05) is 31.8 Å². The number of nitrogens with one attached hydrogen (secondary N) is 1. The molecule has 1 aromatic heterocycles. The highest BCUT2D eigenvalue weighted by Crippen LogP contribution is 2.09. The predicted molar refractivity (Wildman–Crippen MR) is 84.6 cm³/mol. The third-order valence-corrected chi connectivity index (χ3v) is 4.08. The molecule has 8 heteroatoms. The number of aromatic nitrogens is 2. The summed E-state index contributed by atoms with van der Waals surface area (Å²) in [7, 11) is -3.13. The Balaban J connectivity index is 1.81. The van der Waals surface area contributed by atoms with E-state index in [-0.39, 0.29) is 23.9 Å². The summed E-state index contributed by atoms with van der Waals surface area (Å²) in [6.45, 7) is 0.378. The van der Waals surface area contributed by atoms with Crippen LogP contribution < -0.4 is 5.32 Å². The highest BCUT2D eigenvalue weighted by molar-refractivity contribution is 7.90. The Kier molecular flexibility index (Phi) is 5.49. The molecule has 0 aliphatic carbocycles. The Labute approximate surface area is 134 Å². The number of hydrogen-bond acceptors (Lipinski definition) is 4. The lowest BCUT2D eigenvalue weighted by atomic mass is 10.3. The van der Waals surface area contributed by atoms with Gasteiger partial charge in [-0.25, -0.2) is 17.5 Å². The lowest BCUT2D eigenvalue weighted by molar-refractivity contribution is -0.120. The van der Waals surface area contributed by atoms with Gasteiger partial charge in [-0.1, -0.05) is 0 Å². The van der Waals surface area contributed by atoms with Gasteiger partial charge in [-0.15, -0.1) is 0 Å². The van der Waals surface area contributed by atoms with Gasteiger partial charge in [0.15, 0.2) is 0 Å². The normalized spacial score (nSPS) is 11.4. The zero-order chi connectivity index (χ0) is 16.9. The van der Waals surface area contributed by atoms with E-state index >= 15 is 0 Å². The quantitative estimate of drug-likeness (QED) is 0.819. The van der Waals surface area contributed by atoms with Crippen LogP contribution in [0.15, 0.2) is 36.5 Å². The maximum Gasteiger partial charge on any atom is 0.221 e. The van der Waals surface area contributed by atoms with E-state index in [9.17, 15) is 17.6 Å². The number of benzene rings is 1. The molecule has 124 valence electrons. The van der Waals surface area contributed by atoms with Gasteiger partial charge in [0.2, 0.25) is 5.91 Å². The summed E-state index contributed by atoms with van der Waals surface area (Å²) in [4.78, 5) is 11.5. The second-order valence-corrected chi connectivity index (χ2v) is 7.47. The van der Waals surface area contributed by atoms with E-state index in [1.54, 1.807) is 23.0 Å². The molecule has 0 aliphatic heterocycles. The summed E-state index contributed by atoms with van der Waals surface area (Å²) >= 11 is 0. The van der Waals surface area contributed by atoms with Gasteiger partial charge in [-0.3, -0.25) is 4.79 Å². The van der Waals surface area contributed by atoms with Crippen LogP contribution in [-0.2, 0) is 21.1 Å². The maximum absolute atomic E-state index is 12.9. The summed E-state index contributed by atoms with van der Waals surface area (Å²) < 4.78 is 36.5. The molecule has 0 saturated heterocycles. The molecule has 0 saturated carbocycles. The highest BCUT2D eigenvalue weighted by atomic mass is 32.2. The van der Waals surface area contributed by atoms with Crippen molar-refractivity contribution >= 4 is 15.7 Å². The van der Waals surface area contributed by atoms with E-state index in [0.717, 1.165) is 17.6 Å². The average Bonchev–Trinajstić information content (AvgIpc) is 2.94. The molecule has 0 bridgehead atoms. The minimum atomic E-state index is -3.13. The molecule has 1 heterocycles. The minimum absolute atomic E-state index is 0.0388. The molecule has 6 nitrogen and oxygen atoms in total. The van der Waals surface area contributed by atoms with Crippen LogP contribution in [-0.4, -0.2) is 42.7 Å². The number of hydrogen-bond donors (Lipinski definition) is 1. The first-order valence-electron chi connectivity index (χ1n) is 7.08. The molecular weight excluding hydrogens is 321 g/mol. The second kappa shape index (κ2) is 7.36. The first-order chi connectivity index (χ1) is 10.8. The Morgan fingerprint density at radius 1 is 1.26 bits per heavy atom. The summed E-state index contributed by atoms with van der Waals surface area (Å²) in [5, 5.41) is 7.00. The Hall–Kier alpha value is -2.22. The van der Waals surface area contributed by atoms with Gasteiger partial charge >= 0.3 is 0 Å². The van der Waals surface area contributed by atoms with Crippen LogP contribution in [0.3, 0.4) is 0 Å². The molecular formula is C15H18FN3O3S. The monoisotopic (exact) mass is 339 g/mol. The van der Waals surface area contributed by atoms with E-state index in [0.29, 0.717) is 13.0 Å². The first kappa shape index (κ1) is 17.1. The van der Waals surface area contributed by atoms with Crippen LogP contribution in [0.5, 0.6) is 0 Å². The largest absolute Gasteiger partial charge is 0.356 e. The number of halogens is 1. The number of sulfone groups is 1. The molecule has 0 radical (unpaired) electrons. The fourth-order valence-corrected chi connectivity index (χ4v) is 2.49. The Morgan fingerprint density at radius 3 is 2.61 bits per heavy atom. The van der Waals surface area contributed by atoms with Crippen LogP contribution in [0.4, 0.5) is 4.39 Å². The van der Waals surface area contributed by atoms with Crippen LogP contribution in [0, 0.1) is 5.82 Å². The van der Waals surface area contributed by atoms with Crippen molar-refractivity contribution in [2.75, 3.05) is 18.6 Å². The van der Waals surface area contributed by atoms with E-state index < -0.39 is 9.84 Å². The summed E-state index contributed by atoms with van der Waals surface area (Å²) in [5.74, 6) is -0.760. The van der Waals surface area contributed by atoms with Crippen LogP contribution >= 0.6 is 0 Å². The standard InChI is InChI=1S/C15H18FN3O3S/c1-23(21,22)11-8-15(20)17-9-6-13-7-10-19(18-13)14-4-2-12(16)3-5-14/h2-5,7,10H,6,8-9,11H2,1H3,(H,17,20). The molecule has 1 amide bonds. The third-order valence-electron chi connectivity index (χ3n) is 3.14. The number of carbonyl (C=O) groups is 1. The Bertz CT molecular complexity index is 770. The molecule has 0 spiro atoms. The lowest BCUT2D eigenvalue weighted by Gasteiger charge is -2.03. The van der Waals surface area contributed by atoms with E-state index in [1.807, 2.05) is 6.07 Å². The first-order valence-corrected chi connectivity index (χ1v) is 9.14. The van der Waals surface area contributed by atoms with Crippen molar-refractivity contribution in [3.8, 4) is 5.69 Å². The van der Waals surface area contributed by atoms with Gasteiger partial charge < -0.3 is 5.32 Å². The van der Waals surface area contributed by atoms with E-state index in [1.165, 1.54) is 12.1 Å². The molecule has 0 unspecified atom stereocenters. The van der Waals surface area contributed by atoms with Crippen molar-refractivity contribution in [1.29, 1.82) is 0 Å². The summed E-state index contributed by atoms with van der Waals surface area (Å²) in [6.07, 6.45) is 3.35. The minimum Gasteiger partial charge on any atom is -0.356 e. The molecule has 23 heavy (non-hydrogen) atoms. The molecule has 0 aliphatic rings. The molecule has 2 aromatic rings. The summed E-state index contributed by atoms with van der Waals surface area (Å²) in [6, 6.07) is 7.78. The smallest absolute Gasteiger partial charge is 0.221 e. The fraction of sp³-hybridized carbons (Fsp3) is 0.333. The van der Waals surface area contributed by atoms with Gasteiger partial charge in [0.25, 0.3) is 0 Å². The zero-order valence-corrected chi connectivity index (χ0v) is 13.5. The third kappa shape index (κ3) is 5.82. The lowest BCUT2D eigenvalue weighted by Crippen LogP contribution is -2.27. The molecule has 1 N–H and O–H groups in total. The number of rotatable bonds is 7. The van der Waals surface area contributed by atoms with Crippen molar-refractivity contribution in [3.05, 3.63) is 48.0 Å². The number of amides is 1. The molecule has 1 aromatic carbocycles. The summed E-state index contributed by atoms with van der Waals surface area (Å²) in [5.41, 5.74) is 1.52. The zero-order valence-electron chi connectivity index (χ0n) is 12.7. The van der Waals surface area contributed by atoms with Crippen LogP contribution in [0.1, 0.15) is 12.1 Å². The second-order valence-electron chi connectivity index (χ2n) is 5.21. The maximum atomic E-state index is 12.9. The van der Waals surface area contributed by atoms with Crippen molar-refractivity contribution in [1.82, 2.24) is 15.1 Å². The van der Waals surface area contributed by atoms with Gasteiger partial charge in [0.1, 0.15) is 15.7 Å². The molecule has 0 atom stereocenters. The van der Waals surface area contributed by atoms with Crippen LogP contribution in [0.25, 0.3) is 5.69 Å². The number of carbonyl (C=O) groups excluding carboxylic acids is 1. The van der Waals surface area contributed by atoms with Gasteiger partial charge in [-0.2, -0.15) is 5.10 Å². The highest BCUT2D eigenvalue weighted by Gasteiger charge is 2.08. The van der Waals surface area contributed by atoms with Gasteiger partial charge in [0.05, 0.1) is 17.1 Å². The topological polar surface area (TPSA) is 81.1 Å². The Morgan fingerprint density at radius 2 is 1.96 bits per heavy atom. The van der Waals surface area contributed by atoms with Crippen molar-refractivity contribution in [2.45, 2.75) is 12.8 Å². The van der Waals surface area contributed by atoms with Crippen molar-refractivity contribution in [3.63, 3.8) is 0 Å². The average molecular weight is 339 g/mol.